The van der Waals surface area contributed by atoms with Crippen molar-refractivity contribution in [1.82, 2.24) is 4.90 Å². The first-order valence-electron chi connectivity index (χ1n) is 9.57. The molecule has 1 N–H and O–H groups in total. The first kappa shape index (κ1) is 19.2. The lowest BCUT2D eigenvalue weighted by molar-refractivity contribution is -0.117. The Kier molecular flexibility index (Phi) is 6.35. The van der Waals surface area contributed by atoms with E-state index in [0.717, 1.165) is 37.6 Å². The molecule has 0 unspecified atom stereocenters. The Hall–Kier alpha value is -2.53. The minimum Gasteiger partial charge on any atom is -0.497 e. The fourth-order valence-electron chi connectivity index (χ4n) is 3.48. The number of ether oxygens (including phenoxy) is 1. The van der Waals surface area contributed by atoms with E-state index in [1.54, 1.807) is 7.11 Å². The van der Waals surface area contributed by atoms with E-state index in [1.807, 2.05) is 30.3 Å². The standard InChI is InChI=1S/C22H29N3O2/c1-17(2)20-9-4-5-10-21(20)23-22(26)16-24-11-13-25(14-12-24)18-7-6-8-19(15-18)27-3/h4-10,15,17H,11-14,16H2,1-3H3,(H,23,26). The maximum Gasteiger partial charge on any atom is 0.238 e. The van der Waals surface area contributed by atoms with E-state index >= 15 is 0 Å². The van der Waals surface area contributed by atoms with Crippen LogP contribution in [-0.2, 0) is 4.79 Å². The van der Waals surface area contributed by atoms with Crippen molar-refractivity contribution in [3.05, 3.63) is 54.1 Å². The van der Waals surface area contributed by atoms with Crippen LogP contribution in [0, 0.1) is 0 Å². The molecule has 0 atom stereocenters. The number of amides is 1. The third kappa shape index (κ3) is 5.01. The Bertz CT molecular complexity index is 768. The van der Waals surface area contributed by atoms with Gasteiger partial charge in [0.1, 0.15) is 5.75 Å². The van der Waals surface area contributed by atoms with Gasteiger partial charge in [-0.15, -0.1) is 0 Å². The fraction of sp³-hybridized carbons (Fsp3) is 0.409. The number of hydrogen-bond donors (Lipinski definition) is 1. The van der Waals surface area contributed by atoms with Crippen LogP contribution >= 0.6 is 0 Å². The van der Waals surface area contributed by atoms with Gasteiger partial charge in [-0.1, -0.05) is 38.1 Å². The summed E-state index contributed by atoms with van der Waals surface area (Å²) in [5, 5.41) is 3.09. The number of piperazine rings is 1. The van der Waals surface area contributed by atoms with Crippen LogP contribution in [0.1, 0.15) is 25.3 Å². The average molecular weight is 367 g/mol. The van der Waals surface area contributed by atoms with E-state index in [4.69, 9.17) is 4.74 Å². The highest BCUT2D eigenvalue weighted by molar-refractivity contribution is 5.93. The zero-order valence-corrected chi connectivity index (χ0v) is 16.4. The largest absolute Gasteiger partial charge is 0.497 e. The molecule has 1 heterocycles. The van der Waals surface area contributed by atoms with E-state index in [1.165, 1.54) is 11.3 Å². The maximum absolute atomic E-state index is 12.5. The molecule has 5 heteroatoms. The molecule has 5 nitrogen and oxygen atoms in total. The SMILES string of the molecule is COc1cccc(N2CCN(CC(=O)Nc3ccccc3C(C)C)CC2)c1. The minimum absolute atomic E-state index is 0.0536. The van der Waals surface area contributed by atoms with Gasteiger partial charge >= 0.3 is 0 Å². The Balaban J connectivity index is 1.52. The van der Waals surface area contributed by atoms with Crippen molar-refractivity contribution in [1.29, 1.82) is 0 Å². The third-order valence-electron chi connectivity index (χ3n) is 5.01. The van der Waals surface area contributed by atoms with Crippen molar-refractivity contribution in [2.24, 2.45) is 0 Å². The molecule has 1 saturated heterocycles. The lowest BCUT2D eigenvalue weighted by Gasteiger charge is -2.35. The van der Waals surface area contributed by atoms with E-state index in [0.29, 0.717) is 12.5 Å². The lowest BCUT2D eigenvalue weighted by Crippen LogP contribution is -2.48. The van der Waals surface area contributed by atoms with Gasteiger partial charge in [-0.25, -0.2) is 0 Å². The van der Waals surface area contributed by atoms with Crippen molar-refractivity contribution in [3.63, 3.8) is 0 Å². The second kappa shape index (κ2) is 8.91. The molecular weight excluding hydrogens is 338 g/mol. The quantitative estimate of drug-likeness (QED) is 0.848. The first-order valence-corrected chi connectivity index (χ1v) is 9.57. The van der Waals surface area contributed by atoms with Gasteiger partial charge in [0.2, 0.25) is 5.91 Å². The van der Waals surface area contributed by atoms with E-state index in [-0.39, 0.29) is 5.91 Å². The molecule has 0 aliphatic carbocycles. The number of anilines is 2. The van der Waals surface area contributed by atoms with E-state index < -0.39 is 0 Å². The van der Waals surface area contributed by atoms with Gasteiger partial charge in [0.25, 0.3) is 0 Å². The monoisotopic (exact) mass is 367 g/mol. The summed E-state index contributed by atoms with van der Waals surface area (Å²) in [4.78, 5) is 17.1. The van der Waals surface area contributed by atoms with Crippen LogP contribution in [0.4, 0.5) is 11.4 Å². The van der Waals surface area contributed by atoms with Crippen LogP contribution in [0.5, 0.6) is 5.75 Å². The predicted molar refractivity (Wildman–Crippen MR) is 111 cm³/mol. The Morgan fingerprint density at radius 2 is 1.81 bits per heavy atom. The summed E-state index contributed by atoms with van der Waals surface area (Å²) in [6, 6.07) is 16.2. The van der Waals surface area contributed by atoms with Crippen LogP contribution in [0.3, 0.4) is 0 Å². The molecule has 2 aromatic carbocycles. The van der Waals surface area contributed by atoms with Crippen molar-refractivity contribution in [2.45, 2.75) is 19.8 Å². The van der Waals surface area contributed by atoms with Crippen LogP contribution in [0.2, 0.25) is 0 Å². The number of benzene rings is 2. The second-order valence-electron chi connectivity index (χ2n) is 7.25. The normalized spacial score (nSPS) is 15.0. The highest BCUT2D eigenvalue weighted by Gasteiger charge is 2.20. The minimum atomic E-state index is 0.0536. The number of nitrogens with one attached hydrogen (secondary N) is 1. The number of nitrogens with zero attached hydrogens (tertiary/aromatic N) is 2. The third-order valence-corrected chi connectivity index (χ3v) is 5.01. The molecule has 0 saturated carbocycles. The molecule has 0 radical (unpaired) electrons. The highest BCUT2D eigenvalue weighted by Crippen LogP contribution is 2.24. The number of hydrogen-bond acceptors (Lipinski definition) is 4. The van der Waals surface area contributed by atoms with Crippen LogP contribution in [-0.4, -0.2) is 50.6 Å². The number of methoxy groups -OCH3 is 1. The Morgan fingerprint density at radius 1 is 1.07 bits per heavy atom. The molecule has 0 spiro atoms. The molecule has 1 amide bonds. The molecule has 144 valence electrons. The lowest BCUT2D eigenvalue weighted by atomic mass is 10.0. The molecule has 0 bridgehead atoms. The highest BCUT2D eigenvalue weighted by atomic mass is 16.5. The average Bonchev–Trinajstić information content (AvgIpc) is 2.69. The van der Waals surface area contributed by atoms with Crippen molar-refractivity contribution in [2.75, 3.05) is 50.1 Å². The van der Waals surface area contributed by atoms with Gasteiger partial charge in [0, 0.05) is 43.6 Å². The Labute approximate surface area is 161 Å². The molecule has 1 fully saturated rings. The smallest absolute Gasteiger partial charge is 0.238 e. The van der Waals surface area contributed by atoms with Crippen LogP contribution < -0.4 is 15.0 Å². The number of para-hydroxylation sites is 1. The van der Waals surface area contributed by atoms with Crippen molar-refractivity contribution >= 4 is 17.3 Å². The topological polar surface area (TPSA) is 44.8 Å². The molecular formula is C22H29N3O2. The van der Waals surface area contributed by atoms with Crippen LogP contribution in [0.25, 0.3) is 0 Å². The summed E-state index contributed by atoms with van der Waals surface area (Å²) in [5.41, 5.74) is 3.27. The second-order valence-corrected chi connectivity index (χ2v) is 7.25. The summed E-state index contributed by atoms with van der Waals surface area (Å²) in [5.74, 6) is 1.31. The molecule has 1 aliphatic rings. The first-order chi connectivity index (χ1) is 13.1. The molecule has 3 rings (SSSR count). The van der Waals surface area contributed by atoms with E-state index in [9.17, 15) is 4.79 Å². The molecule has 1 aliphatic heterocycles. The van der Waals surface area contributed by atoms with E-state index in [2.05, 4.69) is 47.2 Å². The summed E-state index contributed by atoms with van der Waals surface area (Å²) >= 11 is 0. The number of carbonyl (C=O) groups excluding carboxylic acids is 1. The van der Waals surface area contributed by atoms with Gasteiger partial charge in [-0.3, -0.25) is 9.69 Å². The van der Waals surface area contributed by atoms with Gasteiger partial charge in [0.05, 0.1) is 13.7 Å². The van der Waals surface area contributed by atoms with Crippen molar-refractivity contribution in [3.8, 4) is 5.75 Å². The number of carbonyl (C=O) groups is 1. The van der Waals surface area contributed by atoms with Gasteiger partial charge in [-0.05, 0) is 29.7 Å². The maximum atomic E-state index is 12.5. The summed E-state index contributed by atoms with van der Waals surface area (Å²) < 4.78 is 5.31. The molecule has 0 aromatic heterocycles. The Morgan fingerprint density at radius 3 is 2.52 bits per heavy atom. The zero-order chi connectivity index (χ0) is 19.2. The summed E-state index contributed by atoms with van der Waals surface area (Å²) in [6.07, 6.45) is 0. The summed E-state index contributed by atoms with van der Waals surface area (Å²) in [7, 11) is 1.69. The number of rotatable bonds is 6. The van der Waals surface area contributed by atoms with Crippen molar-refractivity contribution < 1.29 is 9.53 Å². The van der Waals surface area contributed by atoms with Crippen LogP contribution in [0.15, 0.2) is 48.5 Å². The fourth-order valence-corrected chi connectivity index (χ4v) is 3.48. The van der Waals surface area contributed by atoms with Gasteiger partial charge < -0.3 is 15.0 Å². The van der Waals surface area contributed by atoms with Gasteiger partial charge in [-0.2, -0.15) is 0 Å². The molecule has 27 heavy (non-hydrogen) atoms. The summed E-state index contributed by atoms with van der Waals surface area (Å²) in [6.45, 7) is 8.27. The predicted octanol–water partition coefficient (Wildman–Crippen LogP) is 3.58. The zero-order valence-electron chi connectivity index (χ0n) is 16.4. The van der Waals surface area contributed by atoms with Gasteiger partial charge in [0.15, 0.2) is 0 Å². The molecule has 2 aromatic rings.